The van der Waals surface area contributed by atoms with Gasteiger partial charge in [-0.3, -0.25) is 0 Å². The first kappa shape index (κ1) is 14.9. The first-order valence-electron chi connectivity index (χ1n) is 4.19. The molecular weight excluding hydrogens is 245 g/mol. The Morgan fingerprint density at radius 3 is 1.94 bits per heavy atom. The molecule has 0 aromatic rings. The monoisotopic (exact) mass is 259 g/mol. The van der Waals surface area contributed by atoms with E-state index in [0.717, 1.165) is 12.4 Å². The smallest absolute Gasteiger partial charge is 0.382 e. The summed E-state index contributed by atoms with van der Waals surface area (Å²) < 4.78 is 60.4. The Bertz CT molecular complexity index is 403. The van der Waals surface area contributed by atoms with E-state index < -0.39 is 20.3 Å². The number of hydrogen-bond donors (Lipinski definition) is 0. The Hall–Kier alpha value is -1.05. The van der Waals surface area contributed by atoms with Gasteiger partial charge in [-0.2, -0.15) is 13.2 Å². The summed E-state index contributed by atoms with van der Waals surface area (Å²) in [6.07, 6.45) is 1.81. The largest absolute Gasteiger partial charge is 0.502 e. The molecule has 0 aromatic heterocycles. The molecule has 0 bridgehead atoms. The van der Waals surface area contributed by atoms with Crippen LogP contribution in [0.25, 0.3) is 0 Å². The van der Waals surface area contributed by atoms with Gasteiger partial charge in [0.05, 0.1) is 0 Å². The average molecular weight is 259 g/mol. The Labute approximate surface area is 92.6 Å². The van der Waals surface area contributed by atoms with Crippen LogP contribution in [0.15, 0.2) is 11.1 Å². The van der Waals surface area contributed by atoms with E-state index in [1.54, 1.807) is 0 Å². The Kier molecular flexibility index (Phi) is 4.54. The highest BCUT2D eigenvalue weighted by Gasteiger charge is 2.48. The van der Waals surface area contributed by atoms with Crippen LogP contribution in [0.4, 0.5) is 13.2 Å². The third-order valence-electron chi connectivity index (χ3n) is 1.39. The zero-order valence-electron chi connectivity index (χ0n) is 9.41. The van der Waals surface area contributed by atoms with Gasteiger partial charge in [0.25, 0.3) is 9.84 Å². The zero-order valence-corrected chi connectivity index (χ0v) is 10.2. The summed E-state index contributed by atoms with van der Waals surface area (Å²) in [5.41, 5.74) is -5.29. The molecule has 16 heavy (non-hydrogen) atoms. The van der Waals surface area contributed by atoms with Crippen LogP contribution < -0.4 is 0 Å². The predicted molar refractivity (Wildman–Crippen MR) is 54.9 cm³/mol. The molecule has 0 aromatic carbocycles. The Balaban J connectivity index is 5.67. The van der Waals surface area contributed by atoms with Crippen LogP contribution in [-0.4, -0.2) is 57.8 Å². The number of rotatable bonds is 3. The highest BCUT2D eigenvalue weighted by Crippen LogP contribution is 2.28. The second-order valence-corrected chi connectivity index (χ2v) is 5.48. The van der Waals surface area contributed by atoms with Crippen molar-refractivity contribution in [3.8, 4) is 0 Å². The summed E-state index contributed by atoms with van der Waals surface area (Å²) in [7, 11) is 0.453. The topological polar surface area (TPSA) is 40.4 Å². The van der Waals surface area contributed by atoms with Crippen molar-refractivity contribution < 1.29 is 26.2 Å². The van der Waals surface area contributed by atoms with E-state index in [1.807, 2.05) is 0 Å². The Morgan fingerprint density at radius 2 is 1.69 bits per heavy atom. The number of nitrogens with zero attached hydrogens (tertiary/aromatic N) is 2. The van der Waals surface area contributed by atoms with Crippen molar-refractivity contribution in [1.29, 1.82) is 0 Å². The molecule has 0 rings (SSSR count). The fraction of sp³-hybridized carbons (Fsp3) is 0.625. The van der Waals surface area contributed by atoms with Gasteiger partial charge >= 0.3 is 5.51 Å². The van der Waals surface area contributed by atoms with E-state index in [4.69, 9.17) is 0 Å². The van der Waals surface area contributed by atoms with Crippen LogP contribution in [-0.2, 0) is 9.84 Å². The molecule has 0 heterocycles. The summed E-state index contributed by atoms with van der Waals surface area (Å²) >= 11 is 0. The first-order chi connectivity index (χ1) is 6.98. The zero-order chi connectivity index (χ0) is 13.1. The van der Waals surface area contributed by atoms with E-state index >= 15 is 0 Å². The van der Waals surface area contributed by atoms with Crippen LogP contribution in [0.2, 0.25) is 0 Å². The summed E-state index contributed by atoms with van der Waals surface area (Å²) in [6, 6.07) is 0. The summed E-state index contributed by atoms with van der Waals surface area (Å²) in [4.78, 5) is 0.438. The third-order valence-corrected chi connectivity index (χ3v) is 2.83. The minimum Gasteiger partial charge on any atom is -0.382 e. The van der Waals surface area contributed by atoms with Crippen molar-refractivity contribution in [2.75, 3.05) is 28.2 Å². The number of hydrogen-bond acceptors (Lipinski definition) is 3. The highest BCUT2D eigenvalue weighted by atomic mass is 32.2. The van der Waals surface area contributed by atoms with Crippen molar-refractivity contribution >= 4 is 16.1 Å². The van der Waals surface area contributed by atoms with Gasteiger partial charge in [-0.1, -0.05) is 0 Å². The molecular formula is C8H14F3N2O2S+. The lowest BCUT2D eigenvalue weighted by molar-refractivity contribution is -0.458. The number of alkyl halides is 3. The van der Waals surface area contributed by atoms with Crippen molar-refractivity contribution in [2.45, 2.75) is 5.51 Å². The number of allylic oxidation sites excluding steroid dienone is 1. The van der Waals surface area contributed by atoms with Gasteiger partial charge in [-0.25, -0.2) is 13.0 Å². The number of halogens is 3. The highest BCUT2D eigenvalue weighted by molar-refractivity contribution is 7.96. The molecule has 0 atom stereocenters. The van der Waals surface area contributed by atoms with Crippen molar-refractivity contribution in [2.24, 2.45) is 0 Å². The van der Waals surface area contributed by atoms with Gasteiger partial charge in [0.2, 0.25) is 0 Å². The van der Waals surface area contributed by atoms with Gasteiger partial charge in [0.1, 0.15) is 14.1 Å². The minimum absolute atomic E-state index is 0.796. The van der Waals surface area contributed by atoms with E-state index in [-0.39, 0.29) is 0 Å². The van der Waals surface area contributed by atoms with E-state index in [1.165, 1.54) is 37.7 Å². The van der Waals surface area contributed by atoms with Crippen LogP contribution in [0.5, 0.6) is 0 Å². The van der Waals surface area contributed by atoms with Crippen LogP contribution in [0.3, 0.4) is 0 Å². The maximum Gasteiger partial charge on any atom is 0.502 e. The molecule has 0 N–H and O–H groups in total. The molecule has 0 aliphatic heterocycles. The quantitative estimate of drug-likeness (QED) is 0.552. The van der Waals surface area contributed by atoms with Gasteiger partial charge in [-0.05, 0) is 0 Å². The van der Waals surface area contributed by atoms with Gasteiger partial charge in [0.15, 0.2) is 11.1 Å². The molecule has 0 unspecified atom stereocenters. The summed E-state index contributed by atoms with van der Waals surface area (Å²) in [5.74, 6) is 0. The first-order valence-corrected chi connectivity index (χ1v) is 5.67. The molecule has 0 radical (unpaired) electrons. The summed E-state index contributed by atoms with van der Waals surface area (Å²) in [5, 5.41) is 0. The molecule has 0 aliphatic rings. The molecule has 0 aliphatic carbocycles. The molecule has 0 amide bonds. The van der Waals surface area contributed by atoms with Gasteiger partial charge in [0, 0.05) is 20.3 Å². The average Bonchev–Trinajstić information content (AvgIpc) is 1.98. The normalized spacial score (nSPS) is 13.6. The molecule has 8 heteroatoms. The SMILES string of the molecule is CN(C)/C=C(/C=[N+](C)C)S(=O)(=O)C(F)(F)F. The van der Waals surface area contributed by atoms with Crippen LogP contribution in [0.1, 0.15) is 0 Å². The van der Waals surface area contributed by atoms with E-state index in [2.05, 4.69) is 0 Å². The van der Waals surface area contributed by atoms with Crippen molar-refractivity contribution in [3.63, 3.8) is 0 Å². The second-order valence-electron chi connectivity index (χ2n) is 3.54. The van der Waals surface area contributed by atoms with Gasteiger partial charge in [-0.15, -0.1) is 0 Å². The van der Waals surface area contributed by atoms with E-state index in [0.29, 0.717) is 0 Å². The maximum absolute atomic E-state index is 12.3. The fourth-order valence-corrected chi connectivity index (χ4v) is 1.78. The predicted octanol–water partition coefficient (Wildman–Crippen LogP) is 0.667. The molecule has 0 fully saturated rings. The fourth-order valence-electron chi connectivity index (χ4n) is 0.815. The van der Waals surface area contributed by atoms with Crippen molar-refractivity contribution in [3.05, 3.63) is 11.1 Å². The van der Waals surface area contributed by atoms with Crippen LogP contribution in [0, 0.1) is 0 Å². The summed E-state index contributed by atoms with van der Waals surface area (Å²) in [6.45, 7) is 0. The lowest BCUT2D eigenvalue weighted by Crippen LogP contribution is -2.27. The van der Waals surface area contributed by atoms with E-state index in [9.17, 15) is 21.6 Å². The molecule has 0 saturated carbocycles. The third kappa shape index (κ3) is 3.84. The molecule has 94 valence electrons. The lowest BCUT2D eigenvalue weighted by Gasteiger charge is -2.10. The second kappa shape index (κ2) is 4.86. The standard InChI is InChI=1S/C8H14F3N2O2S/c1-12(2)5-7(6-13(3)4)16(14,15)8(9,10)11/h5-6H,1-4H3/q+1. The molecule has 0 spiro atoms. The lowest BCUT2D eigenvalue weighted by atomic mass is 10.6. The molecule has 0 saturated heterocycles. The van der Waals surface area contributed by atoms with Crippen molar-refractivity contribution in [1.82, 2.24) is 4.90 Å². The minimum atomic E-state index is -5.31. The molecule has 4 nitrogen and oxygen atoms in total. The van der Waals surface area contributed by atoms with Gasteiger partial charge < -0.3 is 4.90 Å². The van der Waals surface area contributed by atoms with Crippen LogP contribution >= 0.6 is 0 Å². The maximum atomic E-state index is 12.3. The Morgan fingerprint density at radius 1 is 1.25 bits per heavy atom. The number of sulfone groups is 1.